The highest BCUT2D eigenvalue weighted by Crippen LogP contribution is 2.37. The average Bonchev–Trinajstić information content (AvgIpc) is 2.71. The number of rotatable bonds is 3. The lowest BCUT2D eigenvalue weighted by Crippen LogP contribution is -2.52. The maximum Gasteiger partial charge on any atom is 0.251 e. The molecule has 2 unspecified atom stereocenters. The summed E-state index contributed by atoms with van der Waals surface area (Å²) in [5, 5.41) is 3.11. The molecule has 0 aliphatic carbocycles. The molecule has 23 heavy (non-hydrogen) atoms. The van der Waals surface area contributed by atoms with Crippen LogP contribution in [-0.2, 0) is 10.0 Å². The SMILES string of the molecule is Cc1ccc(C(=O)NC2CC3CCC(C2)N3S(C)(=O)=O)c(C)c1. The number of hydrogen-bond acceptors (Lipinski definition) is 3. The van der Waals surface area contributed by atoms with E-state index in [0.717, 1.165) is 24.0 Å². The van der Waals surface area contributed by atoms with E-state index in [0.29, 0.717) is 18.4 Å². The topological polar surface area (TPSA) is 66.5 Å². The summed E-state index contributed by atoms with van der Waals surface area (Å²) < 4.78 is 25.5. The number of aryl methyl sites for hydroxylation is 2. The zero-order valence-corrected chi connectivity index (χ0v) is 14.7. The summed E-state index contributed by atoms with van der Waals surface area (Å²) in [5.41, 5.74) is 2.81. The second-order valence-electron chi connectivity index (χ2n) is 6.94. The summed E-state index contributed by atoms with van der Waals surface area (Å²) in [6.07, 6.45) is 4.49. The first-order valence-electron chi connectivity index (χ1n) is 8.12. The van der Waals surface area contributed by atoms with E-state index < -0.39 is 10.0 Å². The van der Waals surface area contributed by atoms with Crippen molar-refractivity contribution in [3.05, 3.63) is 34.9 Å². The molecule has 0 saturated carbocycles. The van der Waals surface area contributed by atoms with Gasteiger partial charge < -0.3 is 5.32 Å². The van der Waals surface area contributed by atoms with E-state index in [1.54, 1.807) is 4.31 Å². The highest BCUT2D eigenvalue weighted by atomic mass is 32.2. The third-order valence-corrected chi connectivity index (χ3v) is 6.37. The maximum atomic E-state index is 12.5. The molecular weight excluding hydrogens is 312 g/mol. The third kappa shape index (κ3) is 3.28. The predicted molar refractivity (Wildman–Crippen MR) is 89.9 cm³/mol. The van der Waals surface area contributed by atoms with Crippen LogP contribution in [0.1, 0.15) is 47.2 Å². The van der Waals surface area contributed by atoms with E-state index in [-0.39, 0.29) is 24.0 Å². The second kappa shape index (κ2) is 5.91. The molecule has 1 amide bonds. The summed E-state index contributed by atoms with van der Waals surface area (Å²) in [4.78, 5) is 12.5. The van der Waals surface area contributed by atoms with Gasteiger partial charge in [0.1, 0.15) is 0 Å². The quantitative estimate of drug-likeness (QED) is 0.918. The molecule has 0 aromatic heterocycles. The number of carbonyl (C=O) groups excluding carboxylic acids is 1. The van der Waals surface area contributed by atoms with Crippen LogP contribution in [0.4, 0.5) is 0 Å². The van der Waals surface area contributed by atoms with Gasteiger partial charge in [-0.05, 0) is 51.2 Å². The number of piperidine rings is 1. The van der Waals surface area contributed by atoms with Gasteiger partial charge in [-0.1, -0.05) is 17.7 Å². The fraction of sp³-hybridized carbons (Fsp3) is 0.588. The molecule has 2 aliphatic rings. The molecular formula is C17H24N2O3S. The molecule has 1 aromatic carbocycles. The molecule has 6 heteroatoms. The largest absolute Gasteiger partial charge is 0.349 e. The first-order chi connectivity index (χ1) is 10.8. The summed E-state index contributed by atoms with van der Waals surface area (Å²) in [6.45, 7) is 3.95. The lowest BCUT2D eigenvalue weighted by Gasteiger charge is -2.37. The van der Waals surface area contributed by atoms with Gasteiger partial charge in [0, 0.05) is 23.7 Å². The predicted octanol–water partition coefficient (Wildman–Crippen LogP) is 1.99. The Morgan fingerprint density at radius 3 is 2.30 bits per heavy atom. The van der Waals surface area contributed by atoms with Gasteiger partial charge in [0.2, 0.25) is 10.0 Å². The first kappa shape index (κ1) is 16.5. The van der Waals surface area contributed by atoms with E-state index in [1.807, 2.05) is 32.0 Å². The second-order valence-corrected chi connectivity index (χ2v) is 8.83. The molecule has 2 bridgehead atoms. The Balaban J connectivity index is 1.70. The number of sulfonamides is 1. The van der Waals surface area contributed by atoms with Crippen molar-refractivity contribution in [2.24, 2.45) is 0 Å². The van der Waals surface area contributed by atoms with E-state index in [4.69, 9.17) is 0 Å². The molecule has 2 fully saturated rings. The molecule has 2 atom stereocenters. The smallest absolute Gasteiger partial charge is 0.251 e. The molecule has 2 saturated heterocycles. The van der Waals surface area contributed by atoms with E-state index >= 15 is 0 Å². The Morgan fingerprint density at radius 2 is 1.78 bits per heavy atom. The van der Waals surface area contributed by atoms with Crippen LogP contribution in [0.25, 0.3) is 0 Å². The molecule has 126 valence electrons. The van der Waals surface area contributed by atoms with Crippen molar-refractivity contribution < 1.29 is 13.2 Å². The van der Waals surface area contributed by atoms with Crippen LogP contribution in [0.15, 0.2) is 18.2 Å². The lowest BCUT2D eigenvalue weighted by molar-refractivity contribution is 0.0909. The van der Waals surface area contributed by atoms with Gasteiger partial charge in [0.05, 0.1) is 6.26 Å². The Bertz CT molecular complexity index is 715. The maximum absolute atomic E-state index is 12.5. The number of benzene rings is 1. The van der Waals surface area contributed by atoms with Gasteiger partial charge in [-0.15, -0.1) is 0 Å². The van der Waals surface area contributed by atoms with Gasteiger partial charge in [-0.2, -0.15) is 4.31 Å². The van der Waals surface area contributed by atoms with Gasteiger partial charge in [0.15, 0.2) is 0 Å². The van der Waals surface area contributed by atoms with Crippen LogP contribution < -0.4 is 5.32 Å². The lowest BCUT2D eigenvalue weighted by atomic mass is 9.98. The molecule has 0 spiro atoms. The first-order valence-corrected chi connectivity index (χ1v) is 9.97. The standard InChI is InChI=1S/C17H24N2O3S/c1-11-4-7-16(12(2)8-11)17(20)18-13-9-14-5-6-15(10-13)19(14)23(3,21)22/h4,7-8,13-15H,5-6,9-10H2,1-3H3,(H,18,20). The van der Waals surface area contributed by atoms with Gasteiger partial charge in [-0.25, -0.2) is 8.42 Å². The number of nitrogens with one attached hydrogen (secondary N) is 1. The number of amides is 1. The minimum Gasteiger partial charge on any atom is -0.349 e. The Kier molecular flexibility index (Phi) is 4.23. The summed E-state index contributed by atoms with van der Waals surface area (Å²) in [6, 6.07) is 5.93. The van der Waals surface area contributed by atoms with Crippen LogP contribution >= 0.6 is 0 Å². The summed E-state index contributed by atoms with van der Waals surface area (Å²) >= 11 is 0. The minimum absolute atomic E-state index is 0.0353. The fourth-order valence-corrected chi connectivity index (χ4v) is 5.59. The normalized spacial score (nSPS) is 27.9. The van der Waals surface area contributed by atoms with Crippen LogP contribution in [-0.4, -0.2) is 43.0 Å². The molecule has 0 radical (unpaired) electrons. The van der Waals surface area contributed by atoms with E-state index in [9.17, 15) is 13.2 Å². The molecule has 3 rings (SSSR count). The Labute approximate surface area is 138 Å². The number of fused-ring (bicyclic) bond motifs is 2. The highest BCUT2D eigenvalue weighted by molar-refractivity contribution is 7.88. The van der Waals surface area contributed by atoms with Gasteiger partial charge in [-0.3, -0.25) is 4.79 Å². The minimum atomic E-state index is -3.16. The van der Waals surface area contributed by atoms with Crippen LogP contribution in [0.2, 0.25) is 0 Å². The fourth-order valence-electron chi connectivity index (χ4n) is 4.12. The zero-order valence-electron chi connectivity index (χ0n) is 13.9. The van der Waals surface area contributed by atoms with Crippen molar-refractivity contribution in [1.82, 2.24) is 9.62 Å². The van der Waals surface area contributed by atoms with Crippen molar-refractivity contribution >= 4 is 15.9 Å². The van der Waals surface area contributed by atoms with Crippen LogP contribution in [0, 0.1) is 13.8 Å². The van der Waals surface area contributed by atoms with E-state index in [2.05, 4.69) is 5.32 Å². The monoisotopic (exact) mass is 336 g/mol. The van der Waals surface area contributed by atoms with Crippen LogP contribution in [0.3, 0.4) is 0 Å². The zero-order chi connectivity index (χ0) is 16.8. The van der Waals surface area contributed by atoms with Crippen molar-refractivity contribution in [2.75, 3.05) is 6.26 Å². The molecule has 2 heterocycles. The Morgan fingerprint density at radius 1 is 1.17 bits per heavy atom. The van der Waals surface area contributed by atoms with Crippen LogP contribution in [0.5, 0.6) is 0 Å². The number of nitrogens with zero attached hydrogens (tertiary/aromatic N) is 1. The third-order valence-electron chi connectivity index (χ3n) is 5.01. The van der Waals surface area contributed by atoms with Gasteiger partial charge >= 0.3 is 0 Å². The number of hydrogen-bond donors (Lipinski definition) is 1. The van der Waals surface area contributed by atoms with Gasteiger partial charge in [0.25, 0.3) is 5.91 Å². The van der Waals surface area contributed by atoms with Crippen molar-refractivity contribution in [1.29, 1.82) is 0 Å². The Hall–Kier alpha value is -1.40. The molecule has 2 aliphatic heterocycles. The summed E-state index contributed by atoms with van der Waals surface area (Å²) in [7, 11) is -3.16. The molecule has 1 aromatic rings. The summed E-state index contributed by atoms with van der Waals surface area (Å²) in [5.74, 6) is -0.0558. The van der Waals surface area contributed by atoms with Crippen molar-refractivity contribution in [3.63, 3.8) is 0 Å². The highest BCUT2D eigenvalue weighted by Gasteiger charge is 2.45. The average molecular weight is 336 g/mol. The van der Waals surface area contributed by atoms with Crippen molar-refractivity contribution in [3.8, 4) is 0 Å². The molecule has 1 N–H and O–H groups in total. The van der Waals surface area contributed by atoms with E-state index in [1.165, 1.54) is 6.26 Å². The molecule has 5 nitrogen and oxygen atoms in total. The van der Waals surface area contributed by atoms with Crippen molar-refractivity contribution in [2.45, 2.75) is 57.7 Å². The number of carbonyl (C=O) groups is 1.